The number of nitrogen functional groups attached to an aromatic ring is 1. The van der Waals surface area contributed by atoms with E-state index in [1.54, 1.807) is 24.5 Å². The number of nitrogens with two attached hydrogens (primary N) is 1. The van der Waals surface area contributed by atoms with Crippen LogP contribution in [0.25, 0.3) is 0 Å². The highest BCUT2D eigenvalue weighted by Gasteiger charge is 2.54. The minimum atomic E-state index is -1.18. The maximum atomic E-state index is 12.6. The van der Waals surface area contributed by atoms with Crippen molar-refractivity contribution in [1.82, 2.24) is 15.2 Å². The molecular formula is C16H17N5O5S2. The predicted octanol–water partition coefficient (Wildman–Crippen LogP) is 0.391. The van der Waals surface area contributed by atoms with E-state index in [1.165, 1.54) is 23.8 Å². The lowest BCUT2D eigenvalue weighted by molar-refractivity contribution is -0.150. The number of oxime groups is 1. The number of aromatic nitrogens is 1. The maximum absolute atomic E-state index is 12.6. The number of thioether (sulfide) groups is 1. The third kappa shape index (κ3) is 3.47. The van der Waals surface area contributed by atoms with Crippen molar-refractivity contribution in [2.24, 2.45) is 5.16 Å². The lowest BCUT2D eigenvalue weighted by Crippen LogP contribution is -2.71. The molecule has 0 bridgehead atoms. The van der Waals surface area contributed by atoms with Crippen molar-refractivity contribution in [3.05, 3.63) is 34.5 Å². The van der Waals surface area contributed by atoms with Gasteiger partial charge in [0.15, 0.2) is 10.8 Å². The van der Waals surface area contributed by atoms with Gasteiger partial charge in [-0.05, 0) is 12.5 Å². The Kier molecular flexibility index (Phi) is 5.70. The second kappa shape index (κ2) is 8.02. The second-order valence-corrected chi connectivity index (χ2v) is 7.73. The summed E-state index contributed by atoms with van der Waals surface area (Å²) in [6, 6.07) is -0.878. The quantitative estimate of drug-likeness (QED) is 0.338. The van der Waals surface area contributed by atoms with E-state index in [1.807, 2.05) is 0 Å². The van der Waals surface area contributed by atoms with Gasteiger partial charge >= 0.3 is 5.97 Å². The van der Waals surface area contributed by atoms with Crippen LogP contribution >= 0.6 is 23.1 Å². The number of hydrogen-bond acceptors (Lipinski definition) is 9. The molecule has 2 aliphatic rings. The van der Waals surface area contributed by atoms with Gasteiger partial charge < -0.3 is 21.0 Å². The smallest absolute Gasteiger partial charge is 0.352 e. The monoisotopic (exact) mass is 423 g/mol. The first kappa shape index (κ1) is 19.9. The zero-order valence-electron chi connectivity index (χ0n) is 14.9. The molecule has 2 aliphatic heterocycles. The number of hydrogen-bond donors (Lipinski definition) is 3. The molecule has 1 aromatic heterocycles. The van der Waals surface area contributed by atoms with Crippen molar-refractivity contribution in [1.29, 1.82) is 0 Å². The zero-order valence-corrected chi connectivity index (χ0v) is 16.5. The largest absolute Gasteiger partial charge is 0.477 e. The average Bonchev–Trinajstić information content (AvgIpc) is 3.09. The minimum absolute atomic E-state index is 0.0598. The number of carbonyl (C=O) groups is 3. The number of aliphatic carboxylic acids is 1. The topological polar surface area (TPSA) is 147 Å². The molecule has 0 aromatic carbocycles. The van der Waals surface area contributed by atoms with Gasteiger partial charge in [0.2, 0.25) is 0 Å². The van der Waals surface area contributed by atoms with Crippen LogP contribution in [0.15, 0.2) is 34.0 Å². The van der Waals surface area contributed by atoms with Gasteiger partial charge in [0.05, 0.1) is 0 Å². The van der Waals surface area contributed by atoms with Crippen molar-refractivity contribution in [3.63, 3.8) is 0 Å². The molecule has 1 saturated heterocycles. The van der Waals surface area contributed by atoms with Crippen molar-refractivity contribution in [3.8, 4) is 0 Å². The fourth-order valence-electron chi connectivity index (χ4n) is 2.87. The number of allylic oxidation sites excluding steroid dienone is 2. The Balaban J connectivity index is 1.80. The predicted molar refractivity (Wildman–Crippen MR) is 105 cm³/mol. The summed E-state index contributed by atoms with van der Waals surface area (Å²) in [7, 11) is 1.28. The normalized spacial score (nSPS) is 22.1. The molecule has 2 atom stereocenters. The van der Waals surface area contributed by atoms with E-state index >= 15 is 0 Å². The number of nitrogens with one attached hydrogen (secondary N) is 1. The summed E-state index contributed by atoms with van der Waals surface area (Å²) in [5.41, 5.74) is 6.19. The molecule has 1 fully saturated rings. The molecule has 148 valence electrons. The Bertz CT molecular complexity index is 922. The number of amides is 2. The summed E-state index contributed by atoms with van der Waals surface area (Å²) in [5.74, 6) is -1.93. The SMILES string of the molecule is CC=CC1=C(C(=O)O)N2C(=O)[C@@H](NC(=O)C(=NOC)c3csc(N)n3)[C@@H]2SC1. The van der Waals surface area contributed by atoms with Crippen molar-refractivity contribution >= 4 is 51.7 Å². The lowest BCUT2D eigenvalue weighted by atomic mass is 10.0. The molecular weight excluding hydrogens is 406 g/mol. The van der Waals surface area contributed by atoms with Crippen LogP contribution in [0.3, 0.4) is 0 Å². The summed E-state index contributed by atoms with van der Waals surface area (Å²) in [6.07, 6.45) is 3.39. The Labute approximate surface area is 168 Å². The van der Waals surface area contributed by atoms with Gasteiger partial charge in [0.25, 0.3) is 11.8 Å². The van der Waals surface area contributed by atoms with E-state index in [9.17, 15) is 19.5 Å². The van der Waals surface area contributed by atoms with E-state index in [2.05, 4.69) is 15.5 Å². The molecule has 0 spiro atoms. The lowest BCUT2D eigenvalue weighted by Gasteiger charge is -2.49. The molecule has 0 radical (unpaired) electrons. The van der Waals surface area contributed by atoms with E-state index < -0.39 is 29.2 Å². The number of rotatable bonds is 6. The average molecular weight is 423 g/mol. The van der Waals surface area contributed by atoms with Crippen molar-refractivity contribution in [2.75, 3.05) is 18.6 Å². The second-order valence-electron chi connectivity index (χ2n) is 5.73. The summed E-state index contributed by atoms with van der Waals surface area (Å²) in [4.78, 5) is 46.8. The van der Waals surface area contributed by atoms with E-state index in [-0.39, 0.29) is 22.2 Å². The summed E-state index contributed by atoms with van der Waals surface area (Å²) >= 11 is 2.51. The summed E-state index contributed by atoms with van der Waals surface area (Å²) in [5, 5.41) is 17.1. The fourth-order valence-corrected chi connectivity index (χ4v) is 4.74. The molecule has 0 saturated carbocycles. The third-order valence-electron chi connectivity index (χ3n) is 4.02. The number of nitrogens with zero attached hydrogens (tertiary/aromatic N) is 3. The highest BCUT2D eigenvalue weighted by Crippen LogP contribution is 2.40. The van der Waals surface area contributed by atoms with Crippen LogP contribution in [0.4, 0.5) is 5.13 Å². The Morgan fingerprint density at radius 3 is 2.86 bits per heavy atom. The molecule has 2 amide bonds. The van der Waals surface area contributed by atoms with Crippen LogP contribution in [0, 0.1) is 0 Å². The van der Waals surface area contributed by atoms with E-state index in [4.69, 9.17) is 10.6 Å². The first-order valence-electron chi connectivity index (χ1n) is 8.06. The molecule has 4 N–H and O–H groups in total. The van der Waals surface area contributed by atoms with E-state index in [0.29, 0.717) is 11.3 Å². The van der Waals surface area contributed by atoms with Crippen LogP contribution in [0.1, 0.15) is 12.6 Å². The van der Waals surface area contributed by atoms with Gasteiger partial charge in [-0.3, -0.25) is 14.5 Å². The summed E-state index contributed by atoms with van der Waals surface area (Å²) in [6.45, 7) is 1.77. The number of thiazole rings is 1. The number of anilines is 1. The van der Waals surface area contributed by atoms with Crippen molar-refractivity contribution in [2.45, 2.75) is 18.3 Å². The number of carboxylic acids is 1. The van der Waals surface area contributed by atoms with Crippen LogP contribution in [0.2, 0.25) is 0 Å². The zero-order chi connectivity index (χ0) is 20.4. The molecule has 1 aromatic rings. The molecule has 3 rings (SSSR count). The van der Waals surface area contributed by atoms with Crippen LogP contribution < -0.4 is 11.1 Å². The molecule has 0 unspecified atom stereocenters. The Hall–Kier alpha value is -2.86. The standard InChI is InChI=1S/C16H17N5O5S2/c1-3-4-7-5-27-14-10(13(23)21(14)11(7)15(24)25)19-12(22)9(20-26-2)8-6-28-16(17)18-8/h3-4,6,10,14H,5H2,1-2H3,(H2,17,18)(H,19,22)(H,24,25)/t10-,14+/m1/s1. The van der Waals surface area contributed by atoms with Gasteiger partial charge in [0.1, 0.15) is 29.9 Å². The van der Waals surface area contributed by atoms with Gasteiger partial charge in [-0.2, -0.15) is 0 Å². The third-order valence-corrected chi connectivity index (χ3v) is 5.99. The molecule has 0 aliphatic carbocycles. The first-order valence-corrected chi connectivity index (χ1v) is 9.99. The molecule has 12 heteroatoms. The van der Waals surface area contributed by atoms with Gasteiger partial charge in [-0.1, -0.05) is 17.3 Å². The van der Waals surface area contributed by atoms with Crippen LogP contribution in [-0.2, 0) is 19.2 Å². The summed E-state index contributed by atoms with van der Waals surface area (Å²) < 4.78 is 0. The fraction of sp³-hybridized carbons (Fsp3) is 0.312. The first-order chi connectivity index (χ1) is 13.4. The van der Waals surface area contributed by atoms with Gasteiger partial charge in [-0.15, -0.1) is 23.1 Å². The Morgan fingerprint density at radius 2 is 2.29 bits per heavy atom. The molecule has 28 heavy (non-hydrogen) atoms. The van der Waals surface area contributed by atoms with Crippen LogP contribution in [0.5, 0.6) is 0 Å². The van der Waals surface area contributed by atoms with Crippen molar-refractivity contribution < 1.29 is 24.3 Å². The maximum Gasteiger partial charge on any atom is 0.352 e. The number of carboxylic acid groups (broad SMARTS) is 1. The van der Waals surface area contributed by atoms with Gasteiger partial charge in [-0.25, -0.2) is 9.78 Å². The molecule has 10 nitrogen and oxygen atoms in total. The van der Waals surface area contributed by atoms with E-state index in [0.717, 1.165) is 11.3 Å². The number of carbonyl (C=O) groups excluding carboxylic acids is 2. The Morgan fingerprint density at radius 1 is 1.54 bits per heavy atom. The molecule has 3 heterocycles. The number of fused-ring (bicyclic) bond motifs is 1. The minimum Gasteiger partial charge on any atom is -0.477 e. The number of β-lactam (4-membered cyclic amide) rings is 1. The highest BCUT2D eigenvalue weighted by molar-refractivity contribution is 8.00. The van der Waals surface area contributed by atoms with Gasteiger partial charge in [0, 0.05) is 11.1 Å². The highest BCUT2D eigenvalue weighted by atomic mass is 32.2. The van der Waals surface area contributed by atoms with Crippen LogP contribution in [-0.4, -0.2) is 62.8 Å².